The van der Waals surface area contributed by atoms with Crippen molar-refractivity contribution >= 4 is 34.8 Å². The van der Waals surface area contributed by atoms with E-state index in [0.29, 0.717) is 16.3 Å². The minimum Gasteiger partial charge on any atom is -0.370 e. The lowest BCUT2D eigenvalue weighted by molar-refractivity contribution is -0.118. The van der Waals surface area contributed by atoms with E-state index in [0.717, 1.165) is 6.07 Å². The van der Waals surface area contributed by atoms with Gasteiger partial charge < -0.3 is 11.1 Å². The second-order valence-corrected chi connectivity index (χ2v) is 5.06. The van der Waals surface area contributed by atoms with Crippen LogP contribution >= 0.6 is 23.2 Å². The number of amides is 1. The molecule has 3 N–H and O–H groups in total. The van der Waals surface area contributed by atoms with E-state index in [9.17, 15) is 9.18 Å². The van der Waals surface area contributed by atoms with Gasteiger partial charge in [0.15, 0.2) is 0 Å². The quantitative estimate of drug-likeness (QED) is 0.903. The lowest BCUT2D eigenvalue weighted by Gasteiger charge is -2.17. The Kier molecular flexibility index (Phi) is 4.47. The van der Waals surface area contributed by atoms with Gasteiger partial charge in [0.25, 0.3) is 0 Å². The van der Waals surface area contributed by atoms with Crippen LogP contribution in [0.4, 0.5) is 10.1 Å². The summed E-state index contributed by atoms with van der Waals surface area (Å²) in [4.78, 5) is 11.6. The van der Waals surface area contributed by atoms with Crippen molar-refractivity contribution in [2.75, 3.05) is 5.32 Å². The van der Waals surface area contributed by atoms with Gasteiger partial charge in [-0.3, -0.25) is 4.79 Å². The Morgan fingerprint density at radius 3 is 2.30 bits per heavy atom. The first-order chi connectivity index (χ1) is 9.45. The molecule has 0 fully saturated rings. The summed E-state index contributed by atoms with van der Waals surface area (Å²) in [6.07, 6.45) is 0. The zero-order valence-corrected chi connectivity index (χ0v) is 11.8. The van der Waals surface area contributed by atoms with E-state index in [1.54, 1.807) is 24.3 Å². The van der Waals surface area contributed by atoms with Crippen molar-refractivity contribution in [3.05, 3.63) is 63.9 Å². The molecule has 0 saturated carbocycles. The van der Waals surface area contributed by atoms with E-state index < -0.39 is 17.8 Å². The zero-order chi connectivity index (χ0) is 14.7. The fourth-order valence-corrected chi connectivity index (χ4v) is 2.13. The number of anilines is 1. The highest BCUT2D eigenvalue weighted by Gasteiger charge is 2.19. The molecule has 0 spiro atoms. The lowest BCUT2D eigenvalue weighted by atomic mass is 10.1. The summed E-state index contributed by atoms with van der Waals surface area (Å²) in [6.45, 7) is 0. The van der Waals surface area contributed by atoms with Gasteiger partial charge in [-0.2, -0.15) is 0 Å². The number of rotatable bonds is 4. The van der Waals surface area contributed by atoms with Crippen molar-refractivity contribution in [3.63, 3.8) is 0 Å². The van der Waals surface area contributed by atoms with Gasteiger partial charge in [0.1, 0.15) is 11.9 Å². The predicted octanol–water partition coefficient (Wildman–Crippen LogP) is 3.77. The second-order valence-electron chi connectivity index (χ2n) is 4.19. The van der Waals surface area contributed by atoms with Gasteiger partial charge in [-0.1, -0.05) is 23.2 Å². The Morgan fingerprint density at radius 2 is 1.75 bits per heavy atom. The largest absolute Gasteiger partial charge is 0.370 e. The Bertz CT molecular complexity index is 611. The van der Waals surface area contributed by atoms with E-state index in [4.69, 9.17) is 28.9 Å². The molecule has 6 heteroatoms. The van der Waals surface area contributed by atoms with Crippen LogP contribution in [0.15, 0.2) is 42.5 Å². The average molecular weight is 313 g/mol. The third-order valence-corrected chi connectivity index (χ3v) is 3.13. The van der Waals surface area contributed by atoms with Crippen molar-refractivity contribution in [1.82, 2.24) is 0 Å². The maximum Gasteiger partial charge on any atom is 0.244 e. The van der Waals surface area contributed by atoms with E-state index in [1.165, 1.54) is 12.1 Å². The molecule has 3 nitrogen and oxygen atoms in total. The lowest BCUT2D eigenvalue weighted by Crippen LogP contribution is -2.27. The molecule has 0 aliphatic carbocycles. The number of hydrogen-bond acceptors (Lipinski definition) is 2. The molecule has 0 aliphatic heterocycles. The molecule has 0 saturated heterocycles. The van der Waals surface area contributed by atoms with Gasteiger partial charge in [0.2, 0.25) is 5.91 Å². The number of primary amides is 1. The summed E-state index contributed by atoms with van der Waals surface area (Å²) in [5, 5.41) is 3.69. The maximum atomic E-state index is 13.4. The summed E-state index contributed by atoms with van der Waals surface area (Å²) in [5.41, 5.74) is 6.35. The van der Waals surface area contributed by atoms with Gasteiger partial charge in [0.05, 0.1) is 0 Å². The van der Waals surface area contributed by atoms with Crippen molar-refractivity contribution in [2.24, 2.45) is 5.73 Å². The van der Waals surface area contributed by atoms with Gasteiger partial charge in [-0.15, -0.1) is 0 Å². The third kappa shape index (κ3) is 3.62. The highest BCUT2D eigenvalue weighted by atomic mass is 35.5. The minimum atomic E-state index is -0.885. The fraction of sp³-hybridized carbons (Fsp3) is 0.0714. The number of carbonyl (C=O) groups excluding carboxylic acids is 1. The molecule has 20 heavy (non-hydrogen) atoms. The van der Waals surface area contributed by atoms with Crippen LogP contribution in [0, 0.1) is 5.82 Å². The predicted molar refractivity (Wildman–Crippen MR) is 78.4 cm³/mol. The van der Waals surface area contributed by atoms with Crippen LogP contribution in [0.2, 0.25) is 10.0 Å². The first-order valence-electron chi connectivity index (χ1n) is 5.73. The molecule has 0 radical (unpaired) electrons. The SMILES string of the molecule is NC(=O)C(Nc1ccc(Cl)cc1)c1cc(F)cc(Cl)c1. The Hall–Kier alpha value is -1.78. The van der Waals surface area contributed by atoms with Gasteiger partial charge >= 0.3 is 0 Å². The van der Waals surface area contributed by atoms with Gasteiger partial charge in [-0.25, -0.2) is 4.39 Å². The molecule has 1 unspecified atom stereocenters. The van der Waals surface area contributed by atoms with E-state index in [2.05, 4.69) is 5.32 Å². The van der Waals surface area contributed by atoms with Crippen LogP contribution in [-0.2, 0) is 4.79 Å². The molecule has 0 aromatic heterocycles. The monoisotopic (exact) mass is 312 g/mol. The number of hydrogen-bond donors (Lipinski definition) is 2. The first kappa shape index (κ1) is 14.6. The first-order valence-corrected chi connectivity index (χ1v) is 6.49. The number of carbonyl (C=O) groups is 1. The summed E-state index contributed by atoms with van der Waals surface area (Å²) in [5.74, 6) is -1.17. The number of nitrogens with one attached hydrogen (secondary N) is 1. The molecule has 1 amide bonds. The van der Waals surface area contributed by atoms with Crippen LogP contribution < -0.4 is 11.1 Å². The van der Waals surface area contributed by atoms with Gasteiger partial charge in [0, 0.05) is 15.7 Å². The highest BCUT2D eigenvalue weighted by molar-refractivity contribution is 6.31. The minimum absolute atomic E-state index is 0.198. The fourth-order valence-electron chi connectivity index (χ4n) is 1.77. The summed E-state index contributed by atoms with van der Waals surface area (Å²) in [7, 11) is 0. The number of halogens is 3. The van der Waals surface area contributed by atoms with E-state index >= 15 is 0 Å². The molecule has 0 aliphatic rings. The number of nitrogens with two attached hydrogens (primary N) is 1. The van der Waals surface area contributed by atoms with E-state index in [1.807, 2.05) is 0 Å². The van der Waals surface area contributed by atoms with Crippen molar-refractivity contribution in [2.45, 2.75) is 6.04 Å². The molecule has 2 rings (SSSR count). The Morgan fingerprint density at radius 1 is 1.10 bits per heavy atom. The van der Waals surface area contributed by atoms with Crippen molar-refractivity contribution in [1.29, 1.82) is 0 Å². The smallest absolute Gasteiger partial charge is 0.244 e. The molecule has 2 aromatic carbocycles. The molecule has 104 valence electrons. The van der Waals surface area contributed by atoms with Crippen LogP contribution in [0.3, 0.4) is 0 Å². The van der Waals surface area contributed by atoms with Crippen LogP contribution in [0.5, 0.6) is 0 Å². The molecule has 0 bridgehead atoms. The molecule has 2 aromatic rings. The Balaban J connectivity index is 2.31. The van der Waals surface area contributed by atoms with Gasteiger partial charge in [-0.05, 0) is 48.0 Å². The standard InChI is InChI=1S/C14H11Cl2FN2O/c15-9-1-3-12(4-2-9)19-13(14(18)20)8-5-10(16)7-11(17)6-8/h1-7,13,19H,(H2,18,20). The number of benzene rings is 2. The van der Waals surface area contributed by atoms with Crippen molar-refractivity contribution in [3.8, 4) is 0 Å². The molecule has 0 heterocycles. The van der Waals surface area contributed by atoms with Crippen molar-refractivity contribution < 1.29 is 9.18 Å². The summed E-state index contributed by atoms with van der Waals surface area (Å²) >= 11 is 11.6. The van der Waals surface area contributed by atoms with Crippen LogP contribution in [0.1, 0.15) is 11.6 Å². The zero-order valence-electron chi connectivity index (χ0n) is 10.2. The summed E-state index contributed by atoms with van der Waals surface area (Å²) in [6, 6.07) is 9.70. The summed E-state index contributed by atoms with van der Waals surface area (Å²) < 4.78 is 13.4. The van der Waals surface area contributed by atoms with E-state index in [-0.39, 0.29) is 5.02 Å². The topological polar surface area (TPSA) is 55.1 Å². The normalized spacial score (nSPS) is 11.9. The highest BCUT2D eigenvalue weighted by Crippen LogP contribution is 2.24. The van der Waals surface area contributed by atoms with Crippen LogP contribution in [-0.4, -0.2) is 5.91 Å². The maximum absolute atomic E-state index is 13.4. The second kappa shape index (κ2) is 6.11. The third-order valence-electron chi connectivity index (χ3n) is 2.66. The molecular weight excluding hydrogens is 302 g/mol. The average Bonchev–Trinajstić information content (AvgIpc) is 2.36. The molecular formula is C14H11Cl2FN2O. The van der Waals surface area contributed by atoms with Crippen LogP contribution in [0.25, 0.3) is 0 Å². The Labute approximate surface area is 125 Å². The molecule has 1 atom stereocenters.